The van der Waals surface area contributed by atoms with E-state index in [1.165, 1.54) is 23.8 Å². The number of anilines is 1. The third kappa shape index (κ3) is 2.41. The Bertz CT molecular complexity index is 655. The van der Waals surface area contributed by atoms with Crippen LogP contribution in [-0.2, 0) is 0 Å². The molecule has 0 spiro atoms. The molecule has 3 heterocycles. The maximum atomic E-state index is 13.8. The van der Waals surface area contributed by atoms with Crippen molar-refractivity contribution in [3.8, 4) is 0 Å². The summed E-state index contributed by atoms with van der Waals surface area (Å²) in [4.78, 5) is 9.19. The van der Waals surface area contributed by atoms with Gasteiger partial charge in [0.15, 0.2) is 5.13 Å². The smallest absolute Gasteiger partial charge is 0.186 e. The van der Waals surface area contributed by atoms with Gasteiger partial charge in [-0.1, -0.05) is 17.4 Å². The summed E-state index contributed by atoms with van der Waals surface area (Å²) in [5, 5.41) is 10.4. The lowest BCUT2D eigenvalue weighted by Crippen LogP contribution is -2.59. The van der Waals surface area contributed by atoms with Crippen LogP contribution in [0.2, 0.25) is 0 Å². The van der Waals surface area contributed by atoms with E-state index in [9.17, 15) is 9.50 Å². The van der Waals surface area contributed by atoms with Gasteiger partial charge in [0.25, 0.3) is 0 Å². The number of nitrogens with zero attached hydrogens (tertiary/aromatic N) is 3. The molecule has 2 aliphatic heterocycles. The highest BCUT2D eigenvalue weighted by Gasteiger charge is 2.34. The fourth-order valence-corrected chi connectivity index (χ4v) is 4.26. The van der Waals surface area contributed by atoms with E-state index in [-0.39, 0.29) is 11.9 Å². The van der Waals surface area contributed by atoms with Crippen LogP contribution in [-0.4, -0.2) is 53.3 Å². The van der Waals surface area contributed by atoms with Crippen LogP contribution in [0.5, 0.6) is 0 Å². The van der Waals surface area contributed by atoms with E-state index < -0.39 is 0 Å². The topological polar surface area (TPSA) is 39.6 Å². The molecule has 0 saturated carbocycles. The monoisotopic (exact) mass is 307 g/mol. The molecule has 1 atom stereocenters. The molecular weight excluding hydrogens is 289 g/mol. The SMILES string of the molecule is OC1CN(C2CCCN(c3nc4cccc(F)c4s3)C2)C1. The normalized spacial score (nSPS) is 24.5. The molecule has 1 unspecified atom stereocenters. The molecule has 0 radical (unpaired) electrons. The highest BCUT2D eigenvalue weighted by molar-refractivity contribution is 7.22. The molecule has 1 N–H and O–H groups in total. The fraction of sp³-hybridized carbons (Fsp3) is 0.533. The van der Waals surface area contributed by atoms with Gasteiger partial charge in [-0.05, 0) is 25.0 Å². The average molecular weight is 307 g/mol. The van der Waals surface area contributed by atoms with Crippen LogP contribution in [0, 0.1) is 5.82 Å². The van der Waals surface area contributed by atoms with Crippen molar-refractivity contribution >= 4 is 26.7 Å². The van der Waals surface area contributed by atoms with Crippen LogP contribution in [0.15, 0.2) is 18.2 Å². The largest absolute Gasteiger partial charge is 0.390 e. The van der Waals surface area contributed by atoms with Gasteiger partial charge in [-0.3, -0.25) is 4.90 Å². The minimum absolute atomic E-state index is 0.156. The summed E-state index contributed by atoms with van der Waals surface area (Å²) in [7, 11) is 0. The lowest BCUT2D eigenvalue weighted by Gasteiger charge is -2.45. The molecule has 1 aromatic heterocycles. The Balaban J connectivity index is 1.55. The van der Waals surface area contributed by atoms with Gasteiger partial charge in [0.2, 0.25) is 0 Å². The molecule has 2 fully saturated rings. The summed E-state index contributed by atoms with van der Waals surface area (Å²) in [5.41, 5.74) is 0.747. The lowest BCUT2D eigenvalue weighted by atomic mass is 10.00. The minimum atomic E-state index is -0.185. The zero-order valence-electron chi connectivity index (χ0n) is 11.7. The van der Waals surface area contributed by atoms with Crippen LogP contribution >= 0.6 is 11.3 Å². The van der Waals surface area contributed by atoms with Crippen LogP contribution in [0.25, 0.3) is 10.2 Å². The summed E-state index contributed by atoms with van der Waals surface area (Å²) in [5.74, 6) is -0.185. The van der Waals surface area contributed by atoms with E-state index >= 15 is 0 Å². The Kier molecular flexibility index (Phi) is 3.32. The molecule has 2 saturated heterocycles. The molecule has 4 rings (SSSR count). The maximum Gasteiger partial charge on any atom is 0.186 e. The van der Waals surface area contributed by atoms with Crippen LogP contribution in [0.4, 0.5) is 9.52 Å². The van der Waals surface area contributed by atoms with Gasteiger partial charge in [-0.25, -0.2) is 9.37 Å². The minimum Gasteiger partial charge on any atom is -0.390 e. The first-order chi connectivity index (χ1) is 10.2. The molecule has 4 nitrogen and oxygen atoms in total. The number of likely N-dealkylation sites (tertiary alicyclic amines) is 1. The van der Waals surface area contributed by atoms with Gasteiger partial charge in [0.05, 0.1) is 16.3 Å². The van der Waals surface area contributed by atoms with Gasteiger partial charge in [0.1, 0.15) is 5.82 Å². The van der Waals surface area contributed by atoms with Crippen molar-refractivity contribution in [3.05, 3.63) is 24.0 Å². The summed E-state index contributed by atoms with van der Waals surface area (Å²) >= 11 is 1.44. The number of halogens is 1. The van der Waals surface area contributed by atoms with E-state index in [1.807, 2.05) is 6.07 Å². The standard InChI is InChI=1S/C15H18FN3OS/c16-12-4-1-5-13-14(12)21-15(17-13)18-6-2-3-10(7-18)19-8-11(20)9-19/h1,4-5,10-11,20H,2-3,6-9H2. The number of piperidine rings is 1. The Morgan fingerprint density at radius 2 is 2.14 bits per heavy atom. The van der Waals surface area contributed by atoms with E-state index in [4.69, 9.17) is 0 Å². The Hall–Kier alpha value is -1.24. The predicted molar refractivity (Wildman–Crippen MR) is 82.4 cm³/mol. The average Bonchev–Trinajstić information content (AvgIpc) is 2.90. The molecule has 1 aromatic carbocycles. The second-order valence-corrected chi connectivity index (χ2v) is 6.91. The first-order valence-corrected chi connectivity index (χ1v) is 8.24. The van der Waals surface area contributed by atoms with Crippen molar-refractivity contribution in [1.29, 1.82) is 0 Å². The Morgan fingerprint density at radius 3 is 2.90 bits per heavy atom. The number of rotatable bonds is 2. The molecule has 2 aromatic rings. The van der Waals surface area contributed by atoms with E-state index in [2.05, 4.69) is 14.8 Å². The molecule has 0 bridgehead atoms. The summed E-state index contributed by atoms with van der Waals surface area (Å²) < 4.78 is 14.4. The molecular formula is C15H18FN3OS. The second-order valence-electron chi connectivity index (χ2n) is 5.93. The van der Waals surface area contributed by atoms with Crippen molar-refractivity contribution in [1.82, 2.24) is 9.88 Å². The predicted octanol–water partition coefficient (Wildman–Crippen LogP) is 2.08. The number of aliphatic hydroxyl groups excluding tert-OH is 1. The Morgan fingerprint density at radius 1 is 1.29 bits per heavy atom. The van der Waals surface area contributed by atoms with Gasteiger partial charge < -0.3 is 10.0 Å². The number of aromatic nitrogens is 1. The summed E-state index contributed by atoms with van der Waals surface area (Å²) in [6.07, 6.45) is 2.13. The van der Waals surface area contributed by atoms with Crippen molar-refractivity contribution in [2.75, 3.05) is 31.1 Å². The Labute approximate surface area is 126 Å². The maximum absolute atomic E-state index is 13.8. The zero-order chi connectivity index (χ0) is 14.4. The molecule has 112 valence electrons. The number of hydrogen-bond donors (Lipinski definition) is 1. The quantitative estimate of drug-likeness (QED) is 0.922. The lowest BCUT2D eigenvalue weighted by molar-refractivity contribution is -0.0275. The van der Waals surface area contributed by atoms with Crippen molar-refractivity contribution in [2.24, 2.45) is 0 Å². The zero-order valence-corrected chi connectivity index (χ0v) is 12.5. The molecule has 21 heavy (non-hydrogen) atoms. The van der Waals surface area contributed by atoms with Gasteiger partial charge >= 0.3 is 0 Å². The first-order valence-electron chi connectivity index (χ1n) is 7.43. The molecule has 0 amide bonds. The number of thiazole rings is 1. The van der Waals surface area contributed by atoms with Crippen molar-refractivity contribution < 1.29 is 9.50 Å². The number of β-amino-alcohol motifs (C(OH)–C–C–N with tert-alkyl or cyclic N) is 1. The van der Waals surface area contributed by atoms with Crippen LogP contribution in [0.3, 0.4) is 0 Å². The van der Waals surface area contributed by atoms with E-state index in [1.54, 1.807) is 6.07 Å². The van der Waals surface area contributed by atoms with Gasteiger partial charge in [-0.2, -0.15) is 0 Å². The van der Waals surface area contributed by atoms with Crippen molar-refractivity contribution in [3.63, 3.8) is 0 Å². The third-order valence-electron chi connectivity index (χ3n) is 4.43. The summed E-state index contributed by atoms with van der Waals surface area (Å²) in [6, 6.07) is 5.55. The number of benzene rings is 1. The van der Waals surface area contributed by atoms with Gasteiger partial charge in [-0.15, -0.1) is 0 Å². The van der Waals surface area contributed by atoms with Gasteiger partial charge in [0, 0.05) is 32.2 Å². The number of aliphatic hydroxyl groups is 1. The van der Waals surface area contributed by atoms with Crippen LogP contribution in [0.1, 0.15) is 12.8 Å². The molecule has 2 aliphatic rings. The van der Waals surface area contributed by atoms with E-state index in [0.717, 1.165) is 43.2 Å². The highest BCUT2D eigenvalue weighted by Crippen LogP contribution is 2.33. The number of hydrogen-bond acceptors (Lipinski definition) is 5. The van der Waals surface area contributed by atoms with Crippen LogP contribution < -0.4 is 4.90 Å². The van der Waals surface area contributed by atoms with E-state index in [0.29, 0.717) is 10.7 Å². The number of fused-ring (bicyclic) bond motifs is 1. The molecule has 0 aliphatic carbocycles. The molecule has 6 heteroatoms. The van der Waals surface area contributed by atoms with Crippen molar-refractivity contribution in [2.45, 2.75) is 25.0 Å². The third-order valence-corrected chi connectivity index (χ3v) is 5.57. The second kappa shape index (κ2) is 5.19. The highest BCUT2D eigenvalue weighted by atomic mass is 32.1. The first kappa shape index (κ1) is 13.4. The fourth-order valence-electron chi connectivity index (χ4n) is 3.25. The summed E-state index contributed by atoms with van der Waals surface area (Å²) in [6.45, 7) is 3.47.